The van der Waals surface area contributed by atoms with E-state index < -0.39 is 23.7 Å². The molecule has 17 heavy (non-hydrogen) atoms. The van der Waals surface area contributed by atoms with E-state index in [1.807, 2.05) is 0 Å². The maximum Gasteiger partial charge on any atom is 0.410 e. The van der Waals surface area contributed by atoms with Crippen molar-refractivity contribution >= 4 is 12.1 Å². The normalized spacial score (nSPS) is 22.4. The zero-order valence-electron chi connectivity index (χ0n) is 10.5. The van der Waals surface area contributed by atoms with E-state index in [4.69, 9.17) is 15.6 Å². The number of carboxylic acid groups (broad SMARTS) is 1. The molecule has 6 heteroatoms. The number of nitrogens with two attached hydrogens (primary N) is 1. The van der Waals surface area contributed by atoms with E-state index in [9.17, 15) is 9.59 Å². The molecule has 0 spiro atoms. The molecule has 1 rings (SSSR count). The van der Waals surface area contributed by atoms with Crippen LogP contribution in [0.5, 0.6) is 0 Å². The third-order valence-corrected chi connectivity index (χ3v) is 2.67. The highest BCUT2D eigenvalue weighted by Gasteiger charge is 2.35. The topological polar surface area (TPSA) is 92.9 Å². The number of hydrogen-bond acceptors (Lipinski definition) is 4. The lowest BCUT2D eigenvalue weighted by atomic mass is 10.0. The number of carbonyl (C=O) groups excluding carboxylic acids is 1. The number of carbonyl (C=O) groups is 2. The molecule has 1 heterocycles. The van der Waals surface area contributed by atoms with Crippen molar-refractivity contribution in [1.29, 1.82) is 0 Å². The molecule has 3 N–H and O–H groups in total. The van der Waals surface area contributed by atoms with Gasteiger partial charge < -0.3 is 20.5 Å². The second kappa shape index (κ2) is 4.91. The van der Waals surface area contributed by atoms with Gasteiger partial charge in [0.1, 0.15) is 11.6 Å². The largest absolute Gasteiger partial charge is 0.480 e. The quantitative estimate of drug-likeness (QED) is 0.744. The van der Waals surface area contributed by atoms with Crippen LogP contribution < -0.4 is 5.73 Å². The Balaban J connectivity index is 2.50. The Labute approximate surface area is 101 Å². The van der Waals surface area contributed by atoms with Gasteiger partial charge in [0.25, 0.3) is 0 Å². The van der Waals surface area contributed by atoms with Crippen LogP contribution in [-0.4, -0.2) is 46.8 Å². The Kier molecular flexibility index (Phi) is 3.98. The van der Waals surface area contributed by atoms with Gasteiger partial charge in [0.2, 0.25) is 0 Å². The van der Waals surface area contributed by atoms with Crippen molar-refractivity contribution in [2.24, 2.45) is 11.7 Å². The summed E-state index contributed by atoms with van der Waals surface area (Å²) >= 11 is 0. The molecule has 1 amide bonds. The summed E-state index contributed by atoms with van der Waals surface area (Å²) in [6.45, 7) is 6.23. The summed E-state index contributed by atoms with van der Waals surface area (Å²) in [5, 5.41) is 8.79. The van der Waals surface area contributed by atoms with Gasteiger partial charge >= 0.3 is 12.1 Å². The summed E-state index contributed by atoms with van der Waals surface area (Å²) in [6, 6.07) is -0.914. The molecule has 0 aromatic rings. The van der Waals surface area contributed by atoms with Gasteiger partial charge in [-0.1, -0.05) is 0 Å². The maximum atomic E-state index is 11.7. The number of likely N-dealkylation sites (tertiary alicyclic amines) is 1. The number of amides is 1. The number of ether oxygens (including phenoxy) is 1. The van der Waals surface area contributed by atoms with Gasteiger partial charge in [-0.3, -0.25) is 4.79 Å². The molecule has 0 radical (unpaired) electrons. The van der Waals surface area contributed by atoms with Gasteiger partial charge in [0, 0.05) is 19.0 Å². The molecule has 1 saturated heterocycles. The zero-order chi connectivity index (χ0) is 13.2. The fourth-order valence-electron chi connectivity index (χ4n) is 1.77. The standard InChI is InChI=1S/C11H20N2O4/c1-11(2,3)17-10(16)13-5-4-7(6-13)8(12)9(14)15/h7-8H,4-6,12H2,1-3H3,(H,14,15)/t7-,8+/m0/s1. The van der Waals surface area contributed by atoms with Crippen LogP contribution in [-0.2, 0) is 9.53 Å². The van der Waals surface area contributed by atoms with Crippen LogP contribution >= 0.6 is 0 Å². The Morgan fingerprint density at radius 1 is 1.47 bits per heavy atom. The van der Waals surface area contributed by atoms with Crippen molar-refractivity contribution in [1.82, 2.24) is 4.90 Å². The number of carboxylic acids is 1. The highest BCUT2D eigenvalue weighted by Crippen LogP contribution is 2.21. The SMILES string of the molecule is CC(C)(C)OC(=O)N1CC[C@H]([C@@H](N)C(=O)O)C1. The fourth-order valence-corrected chi connectivity index (χ4v) is 1.77. The van der Waals surface area contributed by atoms with Gasteiger partial charge in [0.05, 0.1) is 0 Å². The van der Waals surface area contributed by atoms with Crippen molar-refractivity contribution in [3.05, 3.63) is 0 Å². The highest BCUT2D eigenvalue weighted by molar-refractivity contribution is 5.74. The van der Waals surface area contributed by atoms with Crippen LogP contribution in [0.15, 0.2) is 0 Å². The molecule has 0 aliphatic carbocycles. The van der Waals surface area contributed by atoms with Crippen LogP contribution in [0.3, 0.4) is 0 Å². The lowest BCUT2D eigenvalue weighted by Crippen LogP contribution is -2.41. The minimum absolute atomic E-state index is 0.194. The minimum Gasteiger partial charge on any atom is -0.480 e. The number of rotatable bonds is 2. The Morgan fingerprint density at radius 3 is 2.53 bits per heavy atom. The Hall–Kier alpha value is -1.30. The van der Waals surface area contributed by atoms with E-state index in [0.29, 0.717) is 19.5 Å². The summed E-state index contributed by atoms with van der Waals surface area (Å²) in [4.78, 5) is 24.0. The van der Waals surface area contributed by atoms with E-state index in [1.54, 1.807) is 20.8 Å². The number of nitrogens with zero attached hydrogens (tertiary/aromatic N) is 1. The monoisotopic (exact) mass is 244 g/mol. The molecule has 0 aromatic heterocycles. The van der Waals surface area contributed by atoms with Gasteiger partial charge in [-0.2, -0.15) is 0 Å². The second-order valence-electron chi connectivity index (χ2n) is 5.34. The lowest BCUT2D eigenvalue weighted by Gasteiger charge is -2.24. The first kappa shape index (κ1) is 13.8. The molecular formula is C11H20N2O4. The number of hydrogen-bond donors (Lipinski definition) is 2. The van der Waals surface area contributed by atoms with Crippen LogP contribution in [0.2, 0.25) is 0 Å². The third kappa shape index (κ3) is 3.89. The minimum atomic E-state index is -1.03. The summed E-state index contributed by atoms with van der Waals surface area (Å²) in [5.41, 5.74) is 5.00. The van der Waals surface area contributed by atoms with E-state index in [0.717, 1.165) is 0 Å². The molecule has 1 fully saturated rings. The van der Waals surface area contributed by atoms with Crippen molar-refractivity contribution in [3.8, 4) is 0 Å². The van der Waals surface area contributed by atoms with E-state index >= 15 is 0 Å². The van der Waals surface area contributed by atoms with Gasteiger partial charge in [0.15, 0.2) is 0 Å². The Morgan fingerprint density at radius 2 is 2.06 bits per heavy atom. The molecule has 1 aliphatic heterocycles. The van der Waals surface area contributed by atoms with Crippen LogP contribution in [0.25, 0.3) is 0 Å². The average molecular weight is 244 g/mol. The molecule has 0 bridgehead atoms. The van der Waals surface area contributed by atoms with E-state index in [-0.39, 0.29) is 5.92 Å². The number of aliphatic carboxylic acids is 1. The van der Waals surface area contributed by atoms with Gasteiger partial charge in [-0.05, 0) is 27.2 Å². The molecule has 2 atom stereocenters. The molecule has 1 aliphatic rings. The first-order valence-electron chi connectivity index (χ1n) is 5.67. The van der Waals surface area contributed by atoms with Gasteiger partial charge in [-0.25, -0.2) is 4.79 Å². The van der Waals surface area contributed by atoms with Crippen LogP contribution in [0.4, 0.5) is 4.79 Å². The first-order valence-corrected chi connectivity index (χ1v) is 5.67. The summed E-state index contributed by atoms with van der Waals surface area (Å²) < 4.78 is 5.21. The average Bonchev–Trinajstić information content (AvgIpc) is 2.62. The highest BCUT2D eigenvalue weighted by atomic mass is 16.6. The summed E-state index contributed by atoms with van der Waals surface area (Å²) in [7, 11) is 0. The predicted molar refractivity (Wildman–Crippen MR) is 61.5 cm³/mol. The molecule has 0 unspecified atom stereocenters. The van der Waals surface area contributed by atoms with Crippen LogP contribution in [0.1, 0.15) is 27.2 Å². The predicted octanol–water partition coefficient (Wildman–Crippen LogP) is 0.655. The third-order valence-electron chi connectivity index (χ3n) is 2.67. The van der Waals surface area contributed by atoms with Crippen LogP contribution in [0, 0.1) is 5.92 Å². The van der Waals surface area contributed by atoms with E-state index in [1.165, 1.54) is 4.90 Å². The molecule has 6 nitrogen and oxygen atoms in total. The lowest BCUT2D eigenvalue weighted by molar-refractivity contribution is -0.139. The molecule has 98 valence electrons. The van der Waals surface area contributed by atoms with Crippen molar-refractivity contribution in [3.63, 3.8) is 0 Å². The Bertz CT molecular complexity index is 311. The second-order valence-corrected chi connectivity index (χ2v) is 5.34. The molecule has 0 saturated carbocycles. The van der Waals surface area contributed by atoms with Crippen molar-refractivity contribution in [2.75, 3.05) is 13.1 Å². The smallest absolute Gasteiger partial charge is 0.410 e. The van der Waals surface area contributed by atoms with E-state index in [2.05, 4.69) is 0 Å². The summed E-state index contributed by atoms with van der Waals surface area (Å²) in [5.74, 6) is -1.22. The van der Waals surface area contributed by atoms with Crippen molar-refractivity contribution in [2.45, 2.75) is 38.8 Å². The first-order chi connectivity index (χ1) is 7.70. The fraction of sp³-hybridized carbons (Fsp3) is 0.818. The molecule has 0 aromatic carbocycles. The van der Waals surface area contributed by atoms with Crippen molar-refractivity contribution < 1.29 is 19.4 Å². The zero-order valence-corrected chi connectivity index (χ0v) is 10.5. The van der Waals surface area contributed by atoms with Gasteiger partial charge in [-0.15, -0.1) is 0 Å². The maximum absolute atomic E-state index is 11.7. The summed E-state index contributed by atoms with van der Waals surface area (Å²) in [6.07, 6.45) is 0.199. The molecular weight excluding hydrogens is 224 g/mol.